The highest BCUT2D eigenvalue weighted by Crippen LogP contribution is 2.49. The van der Waals surface area contributed by atoms with Crippen molar-refractivity contribution >= 4 is 17.7 Å². The zero-order chi connectivity index (χ0) is 13.8. The maximum absolute atomic E-state index is 11.2. The Kier molecular flexibility index (Phi) is 2.76. The van der Waals surface area contributed by atoms with Crippen LogP contribution in [0.5, 0.6) is 0 Å². The fourth-order valence-electron chi connectivity index (χ4n) is 3.41. The second-order valence-electron chi connectivity index (χ2n) is 5.53. The van der Waals surface area contributed by atoms with Crippen LogP contribution in [-0.2, 0) is 4.74 Å². The first-order valence-corrected chi connectivity index (χ1v) is 6.74. The molecule has 3 rings (SSSR count). The van der Waals surface area contributed by atoms with Crippen LogP contribution in [-0.4, -0.2) is 34.8 Å². The fourth-order valence-corrected chi connectivity index (χ4v) is 3.74. The number of rotatable bonds is 0. The predicted octanol–water partition coefficient (Wildman–Crippen LogP) is 3.27. The maximum Gasteiger partial charge on any atom is 0.407 e. The molecule has 102 valence electrons. The lowest BCUT2D eigenvalue weighted by molar-refractivity contribution is -0.0897. The van der Waals surface area contributed by atoms with E-state index < -0.39 is 11.7 Å². The van der Waals surface area contributed by atoms with Gasteiger partial charge in [0.25, 0.3) is 0 Å². The molecule has 4 nitrogen and oxygen atoms in total. The summed E-state index contributed by atoms with van der Waals surface area (Å²) in [6.07, 6.45) is -1.01. The van der Waals surface area contributed by atoms with Crippen LogP contribution in [0.25, 0.3) is 0 Å². The number of ether oxygens (including phenoxy) is 1. The number of benzene rings is 1. The summed E-state index contributed by atoms with van der Waals surface area (Å²) < 4.78 is 6.10. The Balaban J connectivity index is 2.09. The second kappa shape index (κ2) is 4.12. The molecule has 5 heteroatoms. The van der Waals surface area contributed by atoms with E-state index in [9.17, 15) is 9.90 Å². The van der Waals surface area contributed by atoms with Gasteiger partial charge in [-0.05, 0) is 25.5 Å². The van der Waals surface area contributed by atoms with Crippen molar-refractivity contribution in [1.29, 1.82) is 0 Å². The number of amides is 1. The van der Waals surface area contributed by atoms with Gasteiger partial charge in [-0.2, -0.15) is 0 Å². The number of hydrogen-bond acceptors (Lipinski definition) is 2. The van der Waals surface area contributed by atoms with Crippen molar-refractivity contribution in [1.82, 2.24) is 4.90 Å². The minimum Gasteiger partial charge on any atom is -0.465 e. The summed E-state index contributed by atoms with van der Waals surface area (Å²) >= 11 is 6.26. The van der Waals surface area contributed by atoms with Crippen molar-refractivity contribution in [3.8, 4) is 0 Å². The number of fused-ring (bicyclic) bond motifs is 3. The summed E-state index contributed by atoms with van der Waals surface area (Å²) in [6.45, 7) is 4.83. The summed E-state index contributed by atoms with van der Waals surface area (Å²) in [5.41, 5.74) is 1.66. The molecule has 3 atom stereocenters. The van der Waals surface area contributed by atoms with Crippen LogP contribution in [0, 0.1) is 0 Å². The molecule has 0 aromatic heterocycles. The van der Waals surface area contributed by atoms with Crippen molar-refractivity contribution < 1.29 is 14.6 Å². The van der Waals surface area contributed by atoms with Gasteiger partial charge in [0.1, 0.15) is 0 Å². The monoisotopic (exact) mass is 281 g/mol. The SMILES string of the molecule is CC1OC2(C)CN(C(=O)O)CC2c2cccc(Cl)c21. The van der Waals surface area contributed by atoms with Crippen molar-refractivity contribution in [2.45, 2.75) is 31.5 Å². The fraction of sp³-hybridized carbons (Fsp3) is 0.500. The smallest absolute Gasteiger partial charge is 0.407 e. The van der Waals surface area contributed by atoms with Crippen LogP contribution >= 0.6 is 11.6 Å². The highest BCUT2D eigenvalue weighted by atomic mass is 35.5. The van der Waals surface area contributed by atoms with Crippen LogP contribution in [0.3, 0.4) is 0 Å². The average Bonchev–Trinajstić information content (AvgIpc) is 2.66. The van der Waals surface area contributed by atoms with E-state index in [0.29, 0.717) is 18.1 Å². The quantitative estimate of drug-likeness (QED) is 0.794. The van der Waals surface area contributed by atoms with Gasteiger partial charge >= 0.3 is 6.09 Å². The van der Waals surface area contributed by atoms with Crippen LogP contribution < -0.4 is 0 Å². The van der Waals surface area contributed by atoms with Gasteiger partial charge in [-0.25, -0.2) is 4.79 Å². The van der Waals surface area contributed by atoms with Gasteiger partial charge in [0.15, 0.2) is 0 Å². The van der Waals surface area contributed by atoms with Gasteiger partial charge in [0.05, 0.1) is 18.2 Å². The molecule has 1 saturated heterocycles. The molecule has 3 unspecified atom stereocenters. The average molecular weight is 282 g/mol. The molecule has 1 N–H and O–H groups in total. The molecule has 2 aliphatic rings. The molecule has 1 aromatic rings. The largest absolute Gasteiger partial charge is 0.465 e. The summed E-state index contributed by atoms with van der Waals surface area (Å²) in [5, 5.41) is 9.88. The molecule has 0 radical (unpaired) electrons. The van der Waals surface area contributed by atoms with Gasteiger partial charge < -0.3 is 14.7 Å². The molecule has 0 bridgehead atoms. The van der Waals surface area contributed by atoms with Crippen LogP contribution in [0.2, 0.25) is 5.02 Å². The first kappa shape index (κ1) is 12.8. The number of hydrogen-bond donors (Lipinski definition) is 1. The molecular weight excluding hydrogens is 266 g/mol. The molecule has 1 aromatic carbocycles. The molecule has 1 fully saturated rings. The molecule has 0 aliphatic carbocycles. The lowest BCUT2D eigenvalue weighted by atomic mass is 9.80. The summed E-state index contributed by atoms with van der Waals surface area (Å²) in [7, 11) is 0. The number of halogens is 1. The van der Waals surface area contributed by atoms with Crippen molar-refractivity contribution in [2.24, 2.45) is 0 Å². The van der Waals surface area contributed by atoms with E-state index in [1.165, 1.54) is 4.90 Å². The zero-order valence-corrected chi connectivity index (χ0v) is 11.6. The molecule has 0 spiro atoms. The number of carbonyl (C=O) groups is 1. The van der Waals surface area contributed by atoms with Crippen molar-refractivity contribution in [3.63, 3.8) is 0 Å². The van der Waals surface area contributed by atoms with E-state index in [4.69, 9.17) is 16.3 Å². The maximum atomic E-state index is 11.2. The number of carboxylic acid groups (broad SMARTS) is 1. The normalized spacial score (nSPS) is 32.9. The second-order valence-corrected chi connectivity index (χ2v) is 5.94. The summed E-state index contributed by atoms with van der Waals surface area (Å²) in [5.74, 6) is 0.0495. The summed E-state index contributed by atoms with van der Waals surface area (Å²) in [4.78, 5) is 12.6. The Morgan fingerprint density at radius 1 is 1.58 bits per heavy atom. The van der Waals surface area contributed by atoms with E-state index in [0.717, 1.165) is 11.1 Å². The Morgan fingerprint density at radius 2 is 2.32 bits per heavy atom. The lowest BCUT2D eigenvalue weighted by Gasteiger charge is -2.40. The standard InChI is InChI=1S/C14H16ClNO3/c1-8-12-9(4-3-5-11(12)15)10-6-16(13(17)18)7-14(10,2)19-8/h3-5,8,10H,6-7H2,1-2H3,(H,17,18). The van der Waals surface area contributed by atoms with Crippen molar-refractivity contribution in [2.75, 3.05) is 13.1 Å². The van der Waals surface area contributed by atoms with Crippen LogP contribution in [0.15, 0.2) is 18.2 Å². The predicted molar refractivity (Wildman–Crippen MR) is 71.7 cm³/mol. The first-order chi connectivity index (χ1) is 8.92. The number of nitrogens with zero attached hydrogens (tertiary/aromatic N) is 1. The molecule has 2 aliphatic heterocycles. The first-order valence-electron chi connectivity index (χ1n) is 6.36. The van der Waals surface area contributed by atoms with Gasteiger partial charge in [-0.15, -0.1) is 0 Å². The van der Waals surface area contributed by atoms with Gasteiger partial charge in [0.2, 0.25) is 0 Å². The van der Waals surface area contributed by atoms with E-state index in [1.807, 2.05) is 32.0 Å². The van der Waals surface area contributed by atoms with E-state index in [2.05, 4.69) is 0 Å². The highest BCUT2D eigenvalue weighted by molar-refractivity contribution is 6.31. The Bertz CT molecular complexity index is 547. The third-order valence-electron chi connectivity index (χ3n) is 4.23. The van der Waals surface area contributed by atoms with Crippen LogP contribution in [0.1, 0.15) is 37.0 Å². The van der Waals surface area contributed by atoms with E-state index in [1.54, 1.807) is 0 Å². The van der Waals surface area contributed by atoms with Gasteiger partial charge in [-0.3, -0.25) is 0 Å². The minimum atomic E-state index is -0.893. The Morgan fingerprint density at radius 3 is 3.00 bits per heavy atom. The molecule has 1 amide bonds. The summed E-state index contributed by atoms with van der Waals surface area (Å²) in [6, 6.07) is 5.81. The zero-order valence-electron chi connectivity index (χ0n) is 10.9. The Labute approximate surface area is 116 Å². The molecular formula is C14H16ClNO3. The van der Waals surface area contributed by atoms with Gasteiger partial charge in [0, 0.05) is 23.0 Å². The topological polar surface area (TPSA) is 49.8 Å². The van der Waals surface area contributed by atoms with Gasteiger partial charge in [-0.1, -0.05) is 23.7 Å². The Hall–Kier alpha value is -1.26. The third kappa shape index (κ3) is 1.82. The van der Waals surface area contributed by atoms with E-state index >= 15 is 0 Å². The molecule has 0 saturated carbocycles. The van der Waals surface area contributed by atoms with Crippen molar-refractivity contribution in [3.05, 3.63) is 34.3 Å². The highest BCUT2D eigenvalue weighted by Gasteiger charge is 2.51. The molecule has 2 heterocycles. The lowest BCUT2D eigenvalue weighted by Crippen LogP contribution is -2.41. The minimum absolute atomic E-state index is 0.0495. The number of likely N-dealkylation sites (tertiary alicyclic amines) is 1. The van der Waals surface area contributed by atoms with E-state index in [-0.39, 0.29) is 12.0 Å². The molecule has 19 heavy (non-hydrogen) atoms. The third-order valence-corrected chi connectivity index (χ3v) is 4.56. The van der Waals surface area contributed by atoms with Crippen LogP contribution in [0.4, 0.5) is 4.79 Å².